The van der Waals surface area contributed by atoms with Gasteiger partial charge in [-0.25, -0.2) is 23.3 Å². The van der Waals surface area contributed by atoms with Crippen LogP contribution in [0.2, 0.25) is 0 Å². The van der Waals surface area contributed by atoms with E-state index >= 15 is 0 Å². The second-order valence-corrected chi connectivity index (χ2v) is 8.02. The SMILES string of the molecule is Cn1cc(-c2nc(C(=O)N3CCc4[nH]cnc4C3c3cc4c(C(F)F)cccn4n3)co2)cn1. The lowest BCUT2D eigenvalue weighted by Crippen LogP contribution is -2.41. The van der Waals surface area contributed by atoms with Gasteiger partial charge in [0, 0.05) is 43.7 Å². The number of pyridine rings is 1. The molecule has 0 radical (unpaired) electrons. The van der Waals surface area contributed by atoms with Crippen LogP contribution in [0.1, 0.15) is 45.6 Å². The number of nitrogens with zero attached hydrogens (tertiary/aromatic N) is 7. The number of hydrogen-bond donors (Lipinski definition) is 1. The van der Waals surface area contributed by atoms with E-state index in [1.807, 2.05) is 0 Å². The predicted molar refractivity (Wildman–Crippen MR) is 114 cm³/mol. The molecule has 6 rings (SSSR count). The van der Waals surface area contributed by atoms with E-state index in [4.69, 9.17) is 4.42 Å². The van der Waals surface area contributed by atoms with Gasteiger partial charge in [0.25, 0.3) is 12.3 Å². The summed E-state index contributed by atoms with van der Waals surface area (Å²) in [4.78, 5) is 27.0. The summed E-state index contributed by atoms with van der Waals surface area (Å²) in [6.45, 7) is 0.364. The molecule has 0 aliphatic carbocycles. The third kappa shape index (κ3) is 3.17. The molecule has 1 atom stereocenters. The number of carbonyl (C=O) groups is 1. The van der Waals surface area contributed by atoms with Crippen LogP contribution in [0.15, 0.2) is 53.8 Å². The van der Waals surface area contributed by atoms with Gasteiger partial charge in [-0.3, -0.25) is 9.48 Å². The zero-order chi connectivity index (χ0) is 23.4. The van der Waals surface area contributed by atoms with Crippen molar-refractivity contribution >= 4 is 11.4 Å². The van der Waals surface area contributed by atoms with E-state index in [0.717, 1.165) is 5.69 Å². The number of aryl methyl sites for hydroxylation is 1. The molecule has 34 heavy (non-hydrogen) atoms. The average molecular weight is 464 g/mol. The number of amides is 1. The molecule has 0 spiro atoms. The maximum absolute atomic E-state index is 13.6. The van der Waals surface area contributed by atoms with Gasteiger partial charge in [-0.2, -0.15) is 10.2 Å². The highest BCUT2D eigenvalue weighted by atomic mass is 19.3. The molecule has 1 unspecified atom stereocenters. The van der Waals surface area contributed by atoms with Crippen LogP contribution in [0, 0.1) is 0 Å². The van der Waals surface area contributed by atoms with Gasteiger partial charge in [0.1, 0.15) is 12.3 Å². The molecule has 6 heterocycles. The molecule has 1 amide bonds. The minimum atomic E-state index is -2.65. The Hall–Kier alpha value is -4.35. The first kappa shape index (κ1) is 20.3. The van der Waals surface area contributed by atoms with Crippen molar-refractivity contribution in [1.82, 2.24) is 39.2 Å². The minimum absolute atomic E-state index is 0.125. The Morgan fingerprint density at radius 2 is 2.24 bits per heavy atom. The first-order chi connectivity index (χ1) is 16.5. The summed E-state index contributed by atoms with van der Waals surface area (Å²) in [5, 5.41) is 8.61. The van der Waals surface area contributed by atoms with E-state index < -0.39 is 12.5 Å². The molecular formula is C22H18F2N8O2. The van der Waals surface area contributed by atoms with Gasteiger partial charge in [0.2, 0.25) is 5.89 Å². The Morgan fingerprint density at radius 3 is 3.03 bits per heavy atom. The van der Waals surface area contributed by atoms with Crippen molar-refractivity contribution in [3.8, 4) is 11.5 Å². The number of aromatic nitrogens is 7. The third-order valence-corrected chi connectivity index (χ3v) is 5.93. The van der Waals surface area contributed by atoms with Gasteiger partial charge in [0.15, 0.2) is 5.69 Å². The number of nitrogens with one attached hydrogen (secondary N) is 1. The molecule has 0 aromatic carbocycles. The maximum atomic E-state index is 13.6. The molecule has 1 aliphatic heterocycles. The molecule has 0 saturated heterocycles. The first-order valence-electron chi connectivity index (χ1n) is 10.5. The topological polar surface area (TPSA) is 110 Å². The minimum Gasteiger partial charge on any atom is -0.444 e. The summed E-state index contributed by atoms with van der Waals surface area (Å²) < 4.78 is 35.7. The maximum Gasteiger partial charge on any atom is 0.276 e. The lowest BCUT2D eigenvalue weighted by atomic mass is 9.99. The summed E-state index contributed by atoms with van der Waals surface area (Å²) in [5.74, 6) is -0.0940. The van der Waals surface area contributed by atoms with E-state index in [1.54, 1.807) is 47.6 Å². The summed E-state index contributed by atoms with van der Waals surface area (Å²) in [6, 6.07) is 3.79. The van der Waals surface area contributed by atoms with Crippen molar-refractivity contribution in [2.24, 2.45) is 7.05 Å². The van der Waals surface area contributed by atoms with Gasteiger partial charge >= 0.3 is 0 Å². The highest BCUT2D eigenvalue weighted by Gasteiger charge is 2.37. The molecule has 12 heteroatoms. The molecule has 10 nitrogen and oxygen atoms in total. The third-order valence-electron chi connectivity index (χ3n) is 5.93. The van der Waals surface area contributed by atoms with E-state index in [-0.39, 0.29) is 28.6 Å². The Labute approximate surface area is 190 Å². The van der Waals surface area contributed by atoms with Crippen LogP contribution in [-0.4, -0.2) is 51.7 Å². The van der Waals surface area contributed by atoms with Crippen molar-refractivity contribution in [2.45, 2.75) is 18.9 Å². The summed E-state index contributed by atoms with van der Waals surface area (Å²) >= 11 is 0. The van der Waals surface area contributed by atoms with Crippen LogP contribution in [0.4, 0.5) is 8.78 Å². The number of fused-ring (bicyclic) bond motifs is 2. The van der Waals surface area contributed by atoms with Crippen LogP contribution < -0.4 is 0 Å². The molecule has 0 saturated carbocycles. The molecule has 1 N–H and O–H groups in total. The summed E-state index contributed by atoms with van der Waals surface area (Å²) in [5.41, 5.74) is 2.85. The average Bonchev–Trinajstić information content (AvgIpc) is 3.62. The Bertz CT molecular complexity index is 1510. The monoisotopic (exact) mass is 464 g/mol. The molecular weight excluding hydrogens is 446 g/mol. The number of rotatable bonds is 4. The Balaban J connectivity index is 1.41. The Morgan fingerprint density at radius 1 is 1.35 bits per heavy atom. The van der Waals surface area contributed by atoms with Crippen LogP contribution in [0.25, 0.3) is 17.0 Å². The summed E-state index contributed by atoms with van der Waals surface area (Å²) in [7, 11) is 1.77. The number of alkyl halides is 2. The lowest BCUT2D eigenvalue weighted by Gasteiger charge is -2.33. The van der Waals surface area contributed by atoms with E-state index in [9.17, 15) is 13.6 Å². The first-order valence-corrected chi connectivity index (χ1v) is 10.5. The second kappa shape index (κ2) is 7.61. The predicted octanol–water partition coefficient (Wildman–Crippen LogP) is 3.17. The quantitative estimate of drug-likeness (QED) is 0.438. The van der Waals surface area contributed by atoms with Crippen LogP contribution in [0.3, 0.4) is 0 Å². The molecule has 5 aromatic heterocycles. The number of halogens is 2. The van der Waals surface area contributed by atoms with Gasteiger partial charge in [-0.15, -0.1) is 0 Å². The molecule has 0 bridgehead atoms. The number of H-pyrrole nitrogens is 1. The molecule has 0 fully saturated rings. The van der Waals surface area contributed by atoms with Crippen molar-refractivity contribution in [3.63, 3.8) is 0 Å². The number of oxazole rings is 1. The largest absolute Gasteiger partial charge is 0.444 e. The molecule has 5 aromatic rings. The number of hydrogen-bond acceptors (Lipinski definition) is 6. The van der Waals surface area contributed by atoms with Crippen molar-refractivity contribution < 1.29 is 18.0 Å². The number of carbonyl (C=O) groups excluding carboxylic acids is 1. The van der Waals surface area contributed by atoms with Gasteiger partial charge in [-0.1, -0.05) is 0 Å². The smallest absolute Gasteiger partial charge is 0.276 e. The van der Waals surface area contributed by atoms with E-state index in [1.165, 1.54) is 22.9 Å². The standard InChI is InChI=1S/C22H18F2N8O2/c1-30-9-12(8-27-30)21-28-16(10-34-21)22(33)31-6-4-14-18(26-11-25-14)19(31)15-7-17-13(20(23)24)3-2-5-32(17)29-15/h2-3,5,7-11,19-20H,4,6H2,1H3,(H,25,26). The fourth-order valence-electron chi connectivity index (χ4n) is 4.35. The van der Waals surface area contributed by atoms with Crippen LogP contribution in [-0.2, 0) is 13.5 Å². The number of aromatic amines is 1. The summed E-state index contributed by atoms with van der Waals surface area (Å²) in [6.07, 6.45) is 5.69. The van der Waals surface area contributed by atoms with Crippen molar-refractivity contribution in [2.75, 3.05) is 6.54 Å². The van der Waals surface area contributed by atoms with E-state index in [2.05, 4.69) is 25.1 Å². The van der Waals surface area contributed by atoms with Gasteiger partial charge in [0.05, 0.1) is 35.0 Å². The highest BCUT2D eigenvalue weighted by molar-refractivity contribution is 5.93. The van der Waals surface area contributed by atoms with Crippen molar-refractivity contribution in [1.29, 1.82) is 0 Å². The highest BCUT2D eigenvalue weighted by Crippen LogP contribution is 2.35. The van der Waals surface area contributed by atoms with Crippen molar-refractivity contribution in [3.05, 3.63) is 77.7 Å². The lowest BCUT2D eigenvalue weighted by molar-refractivity contribution is 0.0681. The normalized spacial score (nSPS) is 15.9. The van der Waals surface area contributed by atoms with Gasteiger partial charge in [-0.05, 0) is 18.2 Å². The Kier molecular flexibility index (Phi) is 4.54. The fourth-order valence-corrected chi connectivity index (χ4v) is 4.35. The molecule has 1 aliphatic rings. The molecule has 172 valence electrons. The zero-order valence-corrected chi connectivity index (χ0v) is 17.9. The fraction of sp³-hybridized carbons (Fsp3) is 0.227. The van der Waals surface area contributed by atoms with Crippen LogP contribution >= 0.6 is 0 Å². The zero-order valence-electron chi connectivity index (χ0n) is 17.9. The van der Waals surface area contributed by atoms with E-state index in [0.29, 0.717) is 29.9 Å². The van der Waals surface area contributed by atoms with Crippen LogP contribution in [0.5, 0.6) is 0 Å². The number of imidazole rings is 1. The second-order valence-electron chi connectivity index (χ2n) is 8.02. The van der Waals surface area contributed by atoms with Gasteiger partial charge < -0.3 is 14.3 Å².